The van der Waals surface area contributed by atoms with Crippen LogP contribution in [-0.4, -0.2) is 14.7 Å². The van der Waals surface area contributed by atoms with E-state index in [1.807, 2.05) is 22.9 Å². The van der Waals surface area contributed by atoms with Gasteiger partial charge in [0.1, 0.15) is 5.82 Å². The lowest BCUT2D eigenvalue weighted by atomic mass is 10.0. The third-order valence-electron chi connectivity index (χ3n) is 3.12. The highest BCUT2D eigenvalue weighted by atomic mass is 16.3. The molecule has 0 saturated carbocycles. The summed E-state index contributed by atoms with van der Waals surface area (Å²) in [7, 11) is 0. The van der Waals surface area contributed by atoms with Gasteiger partial charge in [0.15, 0.2) is 0 Å². The highest BCUT2D eigenvalue weighted by molar-refractivity contribution is 5.29. The van der Waals surface area contributed by atoms with Gasteiger partial charge in [0.2, 0.25) is 0 Å². The Labute approximate surface area is 108 Å². The minimum absolute atomic E-state index is 0.483. The first-order chi connectivity index (χ1) is 8.60. The van der Waals surface area contributed by atoms with Crippen molar-refractivity contribution in [3.05, 3.63) is 53.1 Å². The van der Waals surface area contributed by atoms with E-state index < -0.39 is 6.10 Å². The summed E-state index contributed by atoms with van der Waals surface area (Å²) < 4.78 is 2.02. The van der Waals surface area contributed by atoms with Gasteiger partial charge < -0.3 is 9.67 Å². The van der Waals surface area contributed by atoms with Gasteiger partial charge in [-0.2, -0.15) is 0 Å². The van der Waals surface area contributed by atoms with Crippen molar-refractivity contribution in [2.75, 3.05) is 0 Å². The summed E-state index contributed by atoms with van der Waals surface area (Å²) >= 11 is 0. The number of hydrogen-bond acceptors (Lipinski definition) is 2. The SMILES string of the molecule is CCc1nccn1CC(O)c1cc(C)cc(C)c1. The van der Waals surface area contributed by atoms with Gasteiger partial charge in [0.25, 0.3) is 0 Å². The van der Waals surface area contributed by atoms with Crippen LogP contribution < -0.4 is 0 Å². The van der Waals surface area contributed by atoms with Gasteiger partial charge in [-0.25, -0.2) is 4.98 Å². The molecule has 0 aliphatic carbocycles. The van der Waals surface area contributed by atoms with Crippen LogP contribution in [0.2, 0.25) is 0 Å². The Hall–Kier alpha value is -1.61. The van der Waals surface area contributed by atoms with E-state index in [1.165, 1.54) is 11.1 Å². The van der Waals surface area contributed by atoms with Crippen molar-refractivity contribution in [3.63, 3.8) is 0 Å². The van der Waals surface area contributed by atoms with E-state index in [1.54, 1.807) is 6.20 Å². The third kappa shape index (κ3) is 2.79. The van der Waals surface area contributed by atoms with Gasteiger partial charge in [0.05, 0.1) is 12.6 Å². The molecule has 1 heterocycles. The van der Waals surface area contributed by atoms with E-state index >= 15 is 0 Å². The van der Waals surface area contributed by atoms with Crippen LogP contribution in [0.15, 0.2) is 30.6 Å². The molecule has 1 atom stereocenters. The number of nitrogens with zero attached hydrogens (tertiary/aromatic N) is 2. The topological polar surface area (TPSA) is 38.0 Å². The van der Waals surface area contributed by atoms with Crippen LogP contribution in [0.25, 0.3) is 0 Å². The molecule has 18 heavy (non-hydrogen) atoms. The average Bonchev–Trinajstić information content (AvgIpc) is 2.75. The van der Waals surface area contributed by atoms with Crippen molar-refractivity contribution < 1.29 is 5.11 Å². The number of imidazole rings is 1. The molecule has 0 radical (unpaired) electrons. The van der Waals surface area contributed by atoms with Gasteiger partial charge in [-0.05, 0) is 19.4 Å². The fourth-order valence-electron chi connectivity index (χ4n) is 2.31. The molecule has 3 heteroatoms. The zero-order chi connectivity index (χ0) is 13.1. The monoisotopic (exact) mass is 244 g/mol. The molecule has 0 bridgehead atoms. The van der Waals surface area contributed by atoms with Crippen LogP contribution in [0.4, 0.5) is 0 Å². The first kappa shape index (κ1) is 12.8. The maximum atomic E-state index is 10.3. The summed E-state index contributed by atoms with van der Waals surface area (Å²) in [5.41, 5.74) is 3.35. The van der Waals surface area contributed by atoms with E-state index in [2.05, 4.69) is 31.8 Å². The van der Waals surface area contributed by atoms with Crippen LogP contribution in [0.1, 0.15) is 35.5 Å². The lowest BCUT2D eigenvalue weighted by Gasteiger charge is -2.15. The minimum atomic E-state index is -0.483. The van der Waals surface area contributed by atoms with Gasteiger partial charge >= 0.3 is 0 Å². The van der Waals surface area contributed by atoms with Crippen LogP contribution >= 0.6 is 0 Å². The molecule has 2 aromatic rings. The molecule has 3 nitrogen and oxygen atoms in total. The van der Waals surface area contributed by atoms with Gasteiger partial charge in [-0.3, -0.25) is 0 Å². The van der Waals surface area contributed by atoms with Gasteiger partial charge in [-0.1, -0.05) is 36.2 Å². The molecule has 1 N–H and O–H groups in total. The van der Waals surface area contributed by atoms with Crippen molar-refractivity contribution in [3.8, 4) is 0 Å². The molecule has 1 aromatic carbocycles. The fourth-order valence-corrected chi connectivity index (χ4v) is 2.31. The normalized spacial score (nSPS) is 12.7. The number of aliphatic hydroxyl groups excluding tert-OH is 1. The Bertz CT molecular complexity index is 511. The van der Waals surface area contributed by atoms with E-state index in [0.29, 0.717) is 6.54 Å². The van der Waals surface area contributed by atoms with Crippen molar-refractivity contribution in [1.29, 1.82) is 0 Å². The molecule has 0 fully saturated rings. The van der Waals surface area contributed by atoms with Crippen LogP contribution in [0.3, 0.4) is 0 Å². The second-order valence-corrected chi connectivity index (χ2v) is 4.79. The maximum absolute atomic E-state index is 10.3. The fraction of sp³-hybridized carbons (Fsp3) is 0.400. The van der Waals surface area contributed by atoms with Crippen molar-refractivity contribution in [2.45, 2.75) is 39.8 Å². The molecule has 0 amide bonds. The Morgan fingerprint density at radius 3 is 2.50 bits per heavy atom. The number of aryl methyl sites for hydroxylation is 3. The Morgan fingerprint density at radius 2 is 1.89 bits per heavy atom. The highest BCUT2D eigenvalue weighted by Crippen LogP contribution is 2.19. The molecule has 2 rings (SSSR count). The third-order valence-corrected chi connectivity index (χ3v) is 3.12. The predicted octanol–water partition coefficient (Wildman–Crippen LogP) is 2.80. The highest BCUT2D eigenvalue weighted by Gasteiger charge is 2.11. The van der Waals surface area contributed by atoms with Crippen molar-refractivity contribution in [1.82, 2.24) is 9.55 Å². The Morgan fingerprint density at radius 1 is 1.22 bits per heavy atom. The van der Waals surface area contributed by atoms with E-state index in [4.69, 9.17) is 0 Å². The maximum Gasteiger partial charge on any atom is 0.108 e. The van der Waals surface area contributed by atoms with Crippen molar-refractivity contribution >= 4 is 0 Å². The number of rotatable bonds is 4. The van der Waals surface area contributed by atoms with Crippen molar-refractivity contribution in [2.24, 2.45) is 0 Å². The second kappa shape index (κ2) is 5.36. The summed E-state index contributed by atoms with van der Waals surface area (Å²) in [6.45, 7) is 6.74. The zero-order valence-electron chi connectivity index (χ0n) is 11.2. The average molecular weight is 244 g/mol. The number of hydrogen-bond donors (Lipinski definition) is 1. The molecule has 0 spiro atoms. The summed E-state index contributed by atoms with van der Waals surface area (Å²) in [5.74, 6) is 1.01. The van der Waals surface area contributed by atoms with E-state index in [0.717, 1.165) is 17.8 Å². The molecule has 0 aliphatic heterocycles. The molecular formula is C15H20N2O. The number of aliphatic hydroxyl groups is 1. The number of benzene rings is 1. The standard InChI is InChI=1S/C15H20N2O/c1-4-15-16-5-6-17(15)10-14(18)13-8-11(2)7-12(3)9-13/h5-9,14,18H,4,10H2,1-3H3. The zero-order valence-corrected chi connectivity index (χ0v) is 11.2. The molecule has 96 valence electrons. The first-order valence-electron chi connectivity index (χ1n) is 6.36. The second-order valence-electron chi connectivity index (χ2n) is 4.79. The Kier molecular flexibility index (Phi) is 3.82. The smallest absolute Gasteiger partial charge is 0.108 e. The first-order valence-corrected chi connectivity index (χ1v) is 6.36. The summed E-state index contributed by atoms with van der Waals surface area (Å²) in [6, 6.07) is 6.20. The number of aromatic nitrogens is 2. The molecule has 0 aliphatic rings. The molecule has 0 saturated heterocycles. The van der Waals surface area contributed by atoms with Crippen LogP contribution in [0.5, 0.6) is 0 Å². The largest absolute Gasteiger partial charge is 0.387 e. The molecule has 1 unspecified atom stereocenters. The molecular weight excluding hydrogens is 224 g/mol. The minimum Gasteiger partial charge on any atom is -0.387 e. The van der Waals surface area contributed by atoms with Gasteiger partial charge in [-0.15, -0.1) is 0 Å². The molecule has 1 aromatic heterocycles. The lowest BCUT2D eigenvalue weighted by molar-refractivity contribution is 0.155. The van der Waals surface area contributed by atoms with Gasteiger partial charge in [0, 0.05) is 18.8 Å². The predicted molar refractivity (Wildman–Crippen MR) is 72.5 cm³/mol. The van der Waals surface area contributed by atoms with Crippen LogP contribution in [0, 0.1) is 13.8 Å². The van der Waals surface area contributed by atoms with Crippen LogP contribution in [-0.2, 0) is 13.0 Å². The quantitative estimate of drug-likeness (QED) is 0.898. The summed E-state index contributed by atoms with van der Waals surface area (Å²) in [4.78, 5) is 4.27. The lowest BCUT2D eigenvalue weighted by Crippen LogP contribution is -2.11. The Balaban J connectivity index is 2.19. The van der Waals surface area contributed by atoms with E-state index in [9.17, 15) is 5.11 Å². The summed E-state index contributed by atoms with van der Waals surface area (Å²) in [6.07, 6.45) is 4.10. The van der Waals surface area contributed by atoms with E-state index in [-0.39, 0.29) is 0 Å². The summed E-state index contributed by atoms with van der Waals surface area (Å²) in [5, 5.41) is 10.3.